The van der Waals surface area contributed by atoms with Gasteiger partial charge in [0.15, 0.2) is 0 Å². The summed E-state index contributed by atoms with van der Waals surface area (Å²) in [6.45, 7) is 2.92. The Morgan fingerprint density at radius 2 is 2.00 bits per heavy atom. The maximum absolute atomic E-state index is 5.27. The van der Waals surface area contributed by atoms with Gasteiger partial charge in [-0.15, -0.1) is 6.42 Å². The van der Waals surface area contributed by atoms with Crippen LogP contribution >= 0.6 is 0 Å². The second-order valence-corrected chi connectivity index (χ2v) is 3.66. The predicted molar refractivity (Wildman–Crippen MR) is 61.1 cm³/mol. The summed E-state index contributed by atoms with van der Waals surface area (Å²) in [6.07, 6.45) is 6.32. The van der Waals surface area contributed by atoms with E-state index < -0.39 is 0 Å². The van der Waals surface area contributed by atoms with Crippen LogP contribution in [0.5, 0.6) is 0 Å². The molecule has 14 heavy (non-hydrogen) atoms. The highest BCUT2D eigenvalue weighted by Gasteiger charge is 2.07. The summed E-state index contributed by atoms with van der Waals surface area (Å²) >= 11 is 0. The fourth-order valence-electron chi connectivity index (χ4n) is 1.41. The molecule has 0 saturated heterocycles. The van der Waals surface area contributed by atoms with E-state index in [0.717, 1.165) is 6.42 Å². The van der Waals surface area contributed by atoms with Crippen LogP contribution in [0.25, 0.3) is 0 Å². The first-order valence-corrected chi connectivity index (χ1v) is 4.91. The molecule has 0 spiro atoms. The van der Waals surface area contributed by atoms with E-state index in [0.29, 0.717) is 12.6 Å². The van der Waals surface area contributed by atoms with Crippen molar-refractivity contribution in [3.8, 4) is 12.3 Å². The third kappa shape index (κ3) is 3.24. The molecule has 74 valence electrons. The Hall–Kier alpha value is -1.26. The van der Waals surface area contributed by atoms with E-state index in [-0.39, 0.29) is 0 Å². The zero-order valence-corrected chi connectivity index (χ0v) is 8.90. The molecule has 1 aromatic rings. The van der Waals surface area contributed by atoms with E-state index >= 15 is 0 Å². The summed E-state index contributed by atoms with van der Waals surface area (Å²) in [5.74, 6) is 2.66. The second kappa shape index (κ2) is 5.47. The molecule has 0 bridgehead atoms. The summed E-state index contributed by atoms with van der Waals surface area (Å²) in [5.41, 5.74) is 1.36. The third-order valence-corrected chi connectivity index (χ3v) is 2.47. The lowest BCUT2D eigenvalue weighted by Crippen LogP contribution is -2.31. The van der Waals surface area contributed by atoms with Crippen molar-refractivity contribution in [2.45, 2.75) is 19.4 Å². The average molecular weight is 186 g/mol. The normalized spacial score (nSPS) is 12.4. The average Bonchev–Trinajstić information content (AvgIpc) is 2.19. The van der Waals surface area contributed by atoms with Crippen molar-refractivity contribution in [3.05, 3.63) is 35.9 Å². The van der Waals surface area contributed by atoms with Crippen molar-refractivity contribution in [1.82, 2.24) is 4.90 Å². The molecule has 0 radical (unpaired) electrons. The minimum absolute atomic E-state index is 0.494. The lowest BCUT2D eigenvalue weighted by Gasteiger charge is -2.22. The molecule has 0 aliphatic carbocycles. The molecule has 0 aliphatic rings. The topological polar surface area (TPSA) is 3.24 Å². The molecule has 1 atom stereocenters. The minimum atomic E-state index is 0.494. The summed E-state index contributed by atoms with van der Waals surface area (Å²) in [6, 6.07) is 11.0. The molecule has 0 unspecified atom stereocenters. The van der Waals surface area contributed by atoms with Crippen LogP contribution in [0.2, 0.25) is 0 Å². The third-order valence-electron chi connectivity index (χ3n) is 2.47. The number of nitrogens with zero attached hydrogens (tertiary/aromatic N) is 1. The van der Waals surface area contributed by atoms with Gasteiger partial charge in [0, 0.05) is 6.04 Å². The van der Waals surface area contributed by atoms with Crippen LogP contribution in [-0.2, 0) is 6.42 Å². The Morgan fingerprint density at radius 1 is 1.36 bits per heavy atom. The molecule has 0 amide bonds. The molecule has 1 nitrogen and oxygen atoms in total. The quantitative estimate of drug-likeness (QED) is 0.651. The van der Waals surface area contributed by atoms with E-state index in [2.05, 4.69) is 49.1 Å². The van der Waals surface area contributed by atoms with E-state index in [1.54, 1.807) is 0 Å². The minimum Gasteiger partial charge on any atom is -0.292 e. The molecule has 0 N–H and O–H groups in total. The molecular weight excluding hydrogens is 169 g/mol. The van der Waals surface area contributed by atoms with Crippen LogP contribution in [-0.4, -0.2) is 24.5 Å². The van der Waals surface area contributed by atoms with Crippen LogP contribution in [0.1, 0.15) is 12.5 Å². The van der Waals surface area contributed by atoms with Crippen LogP contribution in [0.4, 0.5) is 0 Å². The van der Waals surface area contributed by atoms with Crippen LogP contribution in [0, 0.1) is 12.3 Å². The number of rotatable bonds is 4. The monoisotopic (exact) mass is 186 g/mol. The van der Waals surface area contributed by atoms with Crippen molar-refractivity contribution in [2.24, 2.45) is 0 Å². The number of hydrogen-bond donors (Lipinski definition) is 0. The fraction of sp³-hybridized carbons (Fsp3) is 0.385. The molecule has 1 heteroatoms. The van der Waals surface area contributed by atoms with Gasteiger partial charge in [-0.2, -0.15) is 0 Å². The number of likely N-dealkylation sites (N-methyl/N-ethyl adjacent to an activating group) is 1. The van der Waals surface area contributed by atoms with Gasteiger partial charge in [-0.1, -0.05) is 36.3 Å². The Kier molecular flexibility index (Phi) is 4.22. The molecule has 0 fully saturated rings. The van der Waals surface area contributed by atoms with Gasteiger partial charge in [-0.05, 0) is 26.0 Å². The number of benzene rings is 1. The molecular formula is C13H17N. The largest absolute Gasteiger partial charge is 0.292 e. The van der Waals surface area contributed by atoms with Crippen molar-refractivity contribution < 1.29 is 0 Å². The van der Waals surface area contributed by atoms with E-state index in [1.807, 2.05) is 6.07 Å². The first-order chi connectivity index (χ1) is 6.74. The second-order valence-electron chi connectivity index (χ2n) is 3.66. The first-order valence-electron chi connectivity index (χ1n) is 4.91. The zero-order valence-electron chi connectivity index (χ0n) is 8.90. The van der Waals surface area contributed by atoms with Crippen molar-refractivity contribution in [1.29, 1.82) is 0 Å². The van der Waals surface area contributed by atoms with E-state index in [1.165, 1.54) is 5.56 Å². The zero-order chi connectivity index (χ0) is 10.4. The van der Waals surface area contributed by atoms with Gasteiger partial charge in [0.1, 0.15) is 0 Å². The van der Waals surface area contributed by atoms with Crippen molar-refractivity contribution in [3.63, 3.8) is 0 Å². The molecule has 1 aromatic carbocycles. The van der Waals surface area contributed by atoms with Crippen LogP contribution < -0.4 is 0 Å². The highest BCUT2D eigenvalue weighted by molar-refractivity contribution is 5.15. The Morgan fingerprint density at radius 3 is 2.57 bits per heavy atom. The lowest BCUT2D eigenvalue weighted by molar-refractivity contribution is 0.287. The van der Waals surface area contributed by atoms with Crippen molar-refractivity contribution in [2.75, 3.05) is 13.6 Å². The van der Waals surface area contributed by atoms with Crippen LogP contribution in [0.3, 0.4) is 0 Å². The van der Waals surface area contributed by atoms with Crippen LogP contribution in [0.15, 0.2) is 30.3 Å². The molecule has 0 saturated carbocycles. The van der Waals surface area contributed by atoms with Gasteiger partial charge < -0.3 is 0 Å². The van der Waals surface area contributed by atoms with Gasteiger partial charge in [-0.25, -0.2) is 0 Å². The number of terminal acetylenes is 1. The maximum atomic E-state index is 5.27. The van der Waals surface area contributed by atoms with E-state index in [4.69, 9.17) is 6.42 Å². The summed E-state index contributed by atoms with van der Waals surface area (Å²) < 4.78 is 0. The molecule has 1 rings (SSSR count). The standard InChI is InChI=1S/C13H17N/c1-4-10-14(3)12(2)11-13-8-6-5-7-9-13/h1,5-9,12H,10-11H2,2-3H3/t12-/m0/s1/i3-1. The summed E-state index contributed by atoms with van der Waals surface area (Å²) in [4.78, 5) is 2.19. The summed E-state index contributed by atoms with van der Waals surface area (Å²) in [7, 11) is 2.06. The smallest absolute Gasteiger partial charge is 0.0598 e. The lowest BCUT2D eigenvalue weighted by atomic mass is 10.0. The molecule has 0 aliphatic heterocycles. The Balaban J connectivity index is 2.49. The molecule has 0 heterocycles. The molecule has 0 aromatic heterocycles. The maximum Gasteiger partial charge on any atom is 0.0598 e. The Labute approximate surface area is 86.7 Å². The number of hydrogen-bond acceptors (Lipinski definition) is 1. The van der Waals surface area contributed by atoms with Gasteiger partial charge in [-0.3, -0.25) is 4.90 Å². The van der Waals surface area contributed by atoms with Gasteiger partial charge in [0.05, 0.1) is 6.54 Å². The summed E-state index contributed by atoms with van der Waals surface area (Å²) in [5, 5.41) is 0. The van der Waals surface area contributed by atoms with Gasteiger partial charge >= 0.3 is 0 Å². The highest BCUT2D eigenvalue weighted by Crippen LogP contribution is 2.06. The van der Waals surface area contributed by atoms with Crippen molar-refractivity contribution >= 4 is 0 Å². The SMILES string of the molecule is C#CCN([11CH3])[C@@H](C)Cc1ccccc1. The van der Waals surface area contributed by atoms with E-state index in [9.17, 15) is 0 Å². The van der Waals surface area contributed by atoms with Gasteiger partial charge in [0.25, 0.3) is 0 Å². The fourth-order valence-corrected chi connectivity index (χ4v) is 1.41. The first kappa shape index (κ1) is 10.8. The Bertz CT molecular complexity index is 297. The van der Waals surface area contributed by atoms with Gasteiger partial charge in [0.2, 0.25) is 0 Å². The highest BCUT2D eigenvalue weighted by atomic mass is 15.1. The predicted octanol–water partition coefficient (Wildman–Crippen LogP) is 2.18.